The summed E-state index contributed by atoms with van der Waals surface area (Å²) in [7, 11) is 0. The molecule has 2 aromatic rings. The molecule has 124 valence electrons. The van der Waals surface area contributed by atoms with E-state index in [1.165, 1.54) is 0 Å². The fraction of sp³-hybridized carbons (Fsp3) is 0.529. The molecule has 0 atom stereocenters. The van der Waals surface area contributed by atoms with Gasteiger partial charge in [0.15, 0.2) is 0 Å². The number of hydrogen-bond acceptors (Lipinski definition) is 4. The van der Waals surface area contributed by atoms with Crippen LogP contribution in [0.1, 0.15) is 17.6 Å². The predicted molar refractivity (Wildman–Crippen MR) is 92.6 cm³/mol. The molecule has 0 N–H and O–H groups in total. The molecule has 0 bridgehead atoms. The van der Waals surface area contributed by atoms with Crippen LogP contribution in [0, 0.1) is 0 Å². The van der Waals surface area contributed by atoms with Crippen molar-refractivity contribution >= 4 is 17.2 Å². The van der Waals surface area contributed by atoms with Crippen molar-refractivity contribution in [1.82, 2.24) is 19.4 Å². The molecule has 0 unspecified atom stereocenters. The van der Waals surface area contributed by atoms with Crippen LogP contribution in [0.4, 0.5) is 0 Å². The second-order valence-electron chi connectivity index (χ2n) is 5.87. The Morgan fingerprint density at radius 1 is 1.26 bits per heavy atom. The van der Waals surface area contributed by atoms with Crippen LogP contribution in [0.5, 0.6) is 0 Å². The van der Waals surface area contributed by atoms with E-state index in [9.17, 15) is 4.79 Å². The van der Waals surface area contributed by atoms with Crippen LogP contribution >= 0.6 is 11.3 Å². The van der Waals surface area contributed by atoms with Crippen LogP contribution in [-0.2, 0) is 24.2 Å². The lowest BCUT2D eigenvalue weighted by atomic mass is 10.2. The number of aromatic nitrogens is 2. The van der Waals surface area contributed by atoms with Gasteiger partial charge < -0.3 is 9.47 Å². The van der Waals surface area contributed by atoms with Gasteiger partial charge in [0.05, 0.1) is 6.42 Å². The van der Waals surface area contributed by atoms with E-state index < -0.39 is 0 Å². The molecule has 0 radical (unpaired) electrons. The quantitative estimate of drug-likeness (QED) is 0.811. The van der Waals surface area contributed by atoms with E-state index in [2.05, 4.69) is 27.6 Å². The lowest BCUT2D eigenvalue weighted by Crippen LogP contribution is -2.49. The summed E-state index contributed by atoms with van der Waals surface area (Å²) in [4.78, 5) is 22.3. The molecule has 6 heteroatoms. The molecule has 23 heavy (non-hydrogen) atoms. The summed E-state index contributed by atoms with van der Waals surface area (Å²) in [5.74, 6) is 1.41. The van der Waals surface area contributed by atoms with E-state index in [4.69, 9.17) is 0 Å². The standard InChI is InChI=1S/C17H24N4OS/c1-2-16-18-5-6-20(16)10-7-19-8-11-21(12-9-19)17(22)14-15-4-3-13-23-15/h3-6,13H,2,7-12,14H2,1H3. The van der Waals surface area contributed by atoms with E-state index in [0.717, 1.165) is 56.4 Å². The van der Waals surface area contributed by atoms with Gasteiger partial charge in [0, 0.05) is 63.0 Å². The Labute approximate surface area is 141 Å². The smallest absolute Gasteiger partial charge is 0.227 e. The first-order valence-electron chi connectivity index (χ1n) is 8.28. The van der Waals surface area contributed by atoms with E-state index >= 15 is 0 Å². The number of nitrogens with zero attached hydrogens (tertiary/aromatic N) is 4. The maximum Gasteiger partial charge on any atom is 0.227 e. The van der Waals surface area contributed by atoms with Crippen molar-refractivity contribution in [2.24, 2.45) is 0 Å². The largest absolute Gasteiger partial charge is 0.340 e. The molecule has 1 saturated heterocycles. The molecule has 1 amide bonds. The topological polar surface area (TPSA) is 41.4 Å². The van der Waals surface area contributed by atoms with Crippen molar-refractivity contribution in [3.05, 3.63) is 40.6 Å². The molecule has 1 aliphatic rings. The number of aryl methyl sites for hydroxylation is 1. The third kappa shape index (κ3) is 4.20. The zero-order chi connectivity index (χ0) is 16.1. The van der Waals surface area contributed by atoms with Gasteiger partial charge >= 0.3 is 0 Å². The first-order chi connectivity index (χ1) is 11.3. The molecule has 1 fully saturated rings. The Bertz CT molecular complexity index is 614. The number of piperazine rings is 1. The number of rotatable bonds is 6. The van der Waals surface area contributed by atoms with Gasteiger partial charge in [0.25, 0.3) is 0 Å². The van der Waals surface area contributed by atoms with Crippen molar-refractivity contribution in [3.63, 3.8) is 0 Å². The van der Waals surface area contributed by atoms with E-state index in [1.807, 2.05) is 28.6 Å². The lowest BCUT2D eigenvalue weighted by Gasteiger charge is -2.34. The highest BCUT2D eigenvalue weighted by molar-refractivity contribution is 7.10. The van der Waals surface area contributed by atoms with Crippen molar-refractivity contribution in [3.8, 4) is 0 Å². The summed E-state index contributed by atoms with van der Waals surface area (Å²) in [5.41, 5.74) is 0. The van der Waals surface area contributed by atoms with Crippen LogP contribution in [0.2, 0.25) is 0 Å². The van der Waals surface area contributed by atoms with Crippen LogP contribution in [0.3, 0.4) is 0 Å². The minimum Gasteiger partial charge on any atom is -0.340 e. The highest BCUT2D eigenvalue weighted by Gasteiger charge is 2.21. The number of carbonyl (C=O) groups excluding carboxylic acids is 1. The Morgan fingerprint density at radius 3 is 2.78 bits per heavy atom. The maximum absolute atomic E-state index is 12.3. The van der Waals surface area contributed by atoms with Crippen LogP contribution in [0.25, 0.3) is 0 Å². The Kier molecular flexibility index (Phi) is 5.46. The first-order valence-corrected chi connectivity index (χ1v) is 9.16. The Morgan fingerprint density at radius 2 is 2.09 bits per heavy atom. The number of thiophene rings is 1. The summed E-state index contributed by atoms with van der Waals surface area (Å²) >= 11 is 1.66. The number of imidazole rings is 1. The Hall–Kier alpha value is -1.66. The van der Waals surface area contributed by atoms with Crippen molar-refractivity contribution < 1.29 is 4.79 Å². The Balaban J connectivity index is 1.42. The molecule has 1 aliphatic heterocycles. The van der Waals surface area contributed by atoms with Gasteiger partial charge in [-0.25, -0.2) is 4.98 Å². The second-order valence-corrected chi connectivity index (χ2v) is 6.90. The molecule has 3 rings (SSSR count). The molecular weight excluding hydrogens is 308 g/mol. The van der Waals surface area contributed by atoms with Gasteiger partial charge in [-0.15, -0.1) is 11.3 Å². The minimum absolute atomic E-state index is 0.259. The monoisotopic (exact) mass is 332 g/mol. The number of amides is 1. The molecule has 0 aromatic carbocycles. The summed E-state index contributed by atoms with van der Waals surface area (Å²) in [6.45, 7) is 7.75. The van der Waals surface area contributed by atoms with Crippen LogP contribution in [0.15, 0.2) is 29.9 Å². The average molecular weight is 332 g/mol. The highest BCUT2D eigenvalue weighted by Crippen LogP contribution is 2.12. The molecule has 2 aromatic heterocycles. The van der Waals surface area contributed by atoms with Crippen LogP contribution in [-0.4, -0.2) is 58.0 Å². The molecule has 0 aliphatic carbocycles. The molecule has 0 saturated carbocycles. The zero-order valence-corrected chi connectivity index (χ0v) is 14.5. The third-order valence-corrected chi connectivity index (χ3v) is 5.28. The van der Waals surface area contributed by atoms with Gasteiger partial charge in [-0.2, -0.15) is 0 Å². The van der Waals surface area contributed by atoms with Crippen molar-refractivity contribution in [1.29, 1.82) is 0 Å². The normalized spacial score (nSPS) is 16.0. The van der Waals surface area contributed by atoms with E-state index in [1.54, 1.807) is 11.3 Å². The highest BCUT2D eigenvalue weighted by atomic mass is 32.1. The second kappa shape index (κ2) is 7.75. The molecule has 0 spiro atoms. The summed E-state index contributed by atoms with van der Waals surface area (Å²) in [6.07, 6.45) is 5.45. The van der Waals surface area contributed by atoms with Gasteiger partial charge in [0.1, 0.15) is 5.82 Å². The van der Waals surface area contributed by atoms with E-state index in [-0.39, 0.29) is 5.91 Å². The van der Waals surface area contributed by atoms with E-state index in [0.29, 0.717) is 6.42 Å². The average Bonchev–Trinajstić information content (AvgIpc) is 3.24. The molecule has 5 nitrogen and oxygen atoms in total. The fourth-order valence-electron chi connectivity index (χ4n) is 3.00. The van der Waals surface area contributed by atoms with Gasteiger partial charge in [-0.1, -0.05) is 13.0 Å². The SMILES string of the molecule is CCc1nccn1CCN1CCN(C(=O)Cc2cccs2)CC1. The van der Waals surface area contributed by atoms with Gasteiger partial charge in [0.2, 0.25) is 5.91 Å². The predicted octanol–water partition coefficient (Wildman–Crippen LogP) is 1.89. The third-order valence-electron chi connectivity index (χ3n) is 4.41. The number of carbonyl (C=O) groups is 1. The maximum atomic E-state index is 12.3. The molecular formula is C17H24N4OS. The molecule has 3 heterocycles. The summed E-state index contributed by atoms with van der Waals surface area (Å²) < 4.78 is 2.23. The summed E-state index contributed by atoms with van der Waals surface area (Å²) in [5, 5.41) is 2.03. The minimum atomic E-state index is 0.259. The van der Waals surface area contributed by atoms with Gasteiger partial charge in [-0.05, 0) is 11.4 Å². The lowest BCUT2D eigenvalue weighted by molar-refractivity contribution is -0.132. The van der Waals surface area contributed by atoms with Crippen molar-refractivity contribution in [2.45, 2.75) is 26.3 Å². The summed E-state index contributed by atoms with van der Waals surface area (Å²) in [6, 6.07) is 4.04. The number of hydrogen-bond donors (Lipinski definition) is 0. The fourth-order valence-corrected chi connectivity index (χ4v) is 3.70. The van der Waals surface area contributed by atoms with Gasteiger partial charge in [-0.3, -0.25) is 9.69 Å². The van der Waals surface area contributed by atoms with Crippen LogP contribution < -0.4 is 0 Å². The van der Waals surface area contributed by atoms with Crippen molar-refractivity contribution in [2.75, 3.05) is 32.7 Å². The zero-order valence-electron chi connectivity index (χ0n) is 13.6. The first kappa shape index (κ1) is 16.2.